The molecule has 0 saturated carbocycles. The number of aliphatic hydroxyl groups is 1. The van der Waals surface area contributed by atoms with Crippen LogP contribution in [0.4, 0.5) is 0 Å². The van der Waals surface area contributed by atoms with Crippen molar-refractivity contribution >= 4 is 20.9 Å². The lowest BCUT2D eigenvalue weighted by Crippen LogP contribution is -2.53. The molecule has 0 amide bonds. The standard InChI is InChI=1S/C24H29N3O4S/c1-16-4-3-5-18(12-16)32(29,30)27-10-8-24(9-11-27)15-25-21(14-28)23-22(24)19-7-6-17(31-2)13-20(19)26-23/h3-7,12-13,21,25-26,28H,8-11,14-15H2,1-2H3/t21-/m1/s1. The molecule has 170 valence electrons. The van der Waals surface area contributed by atoms with E-state index in [1.165, 1.54) is 5.56 Å². The Kier molecular flexibility index (Phi) is 5.28. The summed E-state index contributed by atoms with van der Waals surface area (Å²) < 4.78 is 33.5. The second-order valence-electron chi connectivity index (χ2n) is 8.94. The van der Waals surface area contributed by atoms with E-state index < -0.39 is 10.0 Å². The fraction of sp³-hybridized carbons (Fsp3) is 0.417. The van der Waals surface area contributed by atoms with E-state index in [0.29, 0.717) is 24.5 Å². The Balaban J connectivity index is 1.50. The molecular formula is C24H29N3O4S. The molecule has 2 aliphatic rings. The molecule has 1 fully saturated rings. The van der Waals surface area contributed by atoms with E-state index >= 15 is 0 Å². The number of aryl methyl sites for hydroxylation is 1. The molecule has 1 aromatic heterocycles. The second kappa shape index (κ2) is 7.88. The Morgan fingerprint density at radius 3 is 2.66 bits per heavy atom. The van der Waals surface area contributed by atoms with Crippen LogP contribution in [0.25, 0.3) is 10.9 Å². The highest BCUT2D eigenvalue weighted by Gasteiger charge is 2.45. The van der Waals surface area contributed by atoms with Crippen molar-refractivity contribution in [1.29, 1.82) is 0 Å². The van der Waals surface area contributed by atoms with Crippen LogP contribution in [-0.4, -0.2) is 56.2 Å². The van der Waals surface area contributed by atoms with Crippen LogP contribution >= 0.6 is 0 Å². The van der Waals surface area contributed by atoms with Crippen LogP contribution in [0.1, 0.15) is 35.7 Å². The molecule has 32 heavy (non-hydrogen) atoms. The first kappa shape index (κ1) is 21.5. The quantitative estimate of drug-likeness (QED) is 0.562. The van der Waals surface area contributed by atoms with Crippen LogP contribution in [0.5, 0.6) is 5.75 Å². The topological polar surface area (TPSA) is 94.7 Å². The van der Waals surface area contributed by atoms with E-state index in [2.05, 4.69) is 16.4 Å². The van der Waals surface area contributed by atoms with E-state index in [1.807, 2.05) is 25.1 Å². The fourth-order valence-corrected chi connectivity index (χ4v) is 6.88. The summed E-state index contributed by atoms with van der Waals surface area (Å²) in [5, 5.41) is 14.6. The lowest BCUT2D eigenvalue weighted by molar-refractivity contribution is 0.178. The Labute approximate surface area is 188 Å². The van der Waals surface area contributed by atoms with Crippen molar-refractivity contribution in [3.8, 4) is 5.75 Å². The first-order valence-corrected chi connectivity index (χ1v) is 12.4. The van der Waals surface area contributed by atoms with Crippen molar-refractivity contribution in [2.24, 2.45) is 0 Å². The summed E-state index contributed by atoms with van der Waals surface area (Å²) in [5.41, 5.74) is 3.93. The largest absolute Gasteiger partial charge is 0.497 e. The zero-order valence-electron chi connectivity index (χ0n) is 18.4. The number of aromatic amines is 1. The molecule has 2 aliphatic heterocycles. The first-order chi connectivity index (χ1) is 15.4. The Morgan fingerprint density at radius 1 is 1.19 bits per heavy atom. The van der Waals surface area contributed by atoms with Crippen molar-refractivity contribution < 1.29 is 18.3 Å². The number of aliphatic hydroxyl groups excluding tert-OH is 1. The molecule has 3 aromatic rings. The number of benzene rings is 2. The zero-order chi connectivity index (χ0) is 22.5. The molecule has 0 unspecified atom stereocenters. The van der Waals surface area contributed by atoms with Crippen molar-refractivity contribution in [2.45, 2.75) is 36.1 Å². The monoisotopic (exact) mass is 455 g/mol. The predicted octanol–water partition coefficient (Wildman–Crippen LogP) is 2.84. The highest BCUT2D eigenvalue weighted by atomic mass is 32.2. The van der Waals surface area contributed by atoms with Gasteiger partial charge in [0.15, 0.2) is 0 Å². The van der Waals surface area contributed by atoms with Gasteiger partial charge in [0.05, 0.1) is 24.7 Å². The number of methoxy groups -OCH3 is 1. The van der Waals surface area contributed by atoms with Gasteiger partial charge in [-0.2, -0.15) is 4.31 Å². The number of nitrogens with one attached hydrogen (secondary N) is 2. The molecular weight excluding hydrogens is 426 g/mol. The fourth-order valence-electron chi connectivity index (χ4n) is 5.33. The van der Waals surface area contributed by atoms with Gasteiger partial charge in [0.1, 0.15) is 5.75 Å². The van der Waals surface area contributed by atoms with Gasteiger partial charge in [-0.1, -0.05) is 12.1 Å². The SMILES string of the molecule is COc1ccc2c3c([nH]c2c1)[C@@H](CO)NCC31CCN(S(=O)(=O)c2cccc(C)c2)CC1. The van der Waals surface area contributed by atoms with Crippen LogP contribution in [0.3, 0.4) is 0 Å². The zero-order valence-corrected chi connectivity index (χ0v) is 19.2. The summed E-state index contributed by atoms with van der Waals surface area (Å²) in [6.07, 6.45) is 1.43. The minimum atomic E-state index is -3.52. The number of hydrogen-bond donors (Lipinski definition) is 3. The van der Waals surface area contributed by atoms with Crippen LogP contribution in [-0.2, 0) is 15.4 Å². The van der Waals surface area contributed by atoms with Gasteiger partial charge >= 0.3 is 0 Å². The number of fused-ring (bicyclic) bond motifs is 4. The number of aromatic nitrogens is 1. The maximum absolute atomic E-state index is 13.2. The summed E-state index contributed by atoms with van der Waals surface area (Å²) >= 11 is 0. The number of ether oxygens (including phenoxy) is 1. The van der Waals surface area contributed by atoms with E-state index in [4.69, 9.17) is 4.74 Å². The van der Waals surface area contributed by atoms with E-state index in [1.54, 1.807) is 29.6 Å². The number of nitrogens with zero attached hydrogens (tertiary/aromatic N) is 1. The van der Waals surface area contributed by atoms with Gasteiger partial charge < -0.3 is 20.1 Å². The summed E-state index contributed by atoms with van der Waals surface area (Å²) in [5.74, 6) is 0.776. The molecule has 8 heteroatoms. The van der Waals surface area contributed by atoms with E-state index in [9.17, 15) is 13.5 Å². The maximum Gasteiger partial charge on any atom is 0.243 e. The molecule has 3 heterocycles. The average Bonchev–Trinajstić information content (AvgIpc) is 3.19. The molecule has 1 spiro atoms. The Bertz CT molecular complexity index is 1260. The third-order valence-electron chi connectivity index (χ3n) is 7.09. The van der Waals surface area contributed by atoms with Crippen LogP contribution in [0.2, 0.25) is 0 Å². The molecule has 0 radical (unpaired) electrons. The van der Waals surface area contributed by atoms with Crippen molar-refractivity contribution in [2.75, 3.05) is 33.4 Å². The molecule has 1 atom stereocenters. The van der Waals surface area contributed by atoms with Crippen molar-refractivity contribution in [3.05, 3.63) is 59.3 Å². The number of rotatable bonds is 4. The Hall–Kier alpha value is -2.39. The van der Waals surface area contributed by atoms with Crippen molar-refractivity contribution in [3.63, 3.8) is 0 Å². The summed E-state index contributed by atoms with van der Waals surface area (Å²) in [6, 6.07) is 12.9. The van der Waals surface area contributed by atoms with Gasteiger partial charge in [-0.05, 0) is 55.2 Å². The molecule has 0 aliphatic carbocycles. The smallest absolute Gasteiger partial charge is 0.243 e. The van der Waals surface area contributed by atoms with Gasteiger partial charge in [0.2, 0.25) is 10.0 Å². The molecule has 3 N–H and O–H groups in total. The lowest BCUT2D eigenvalue weighted by Gasteiger charge is -2.46. The van der Waals surface area contributed by atoms with E-state index in [0.717, 1.165) is 40.8 Å². The normalized spacial score (nSPS) is 21.0. The Morgan fingerprint density at radius 2 is 1.97 bits per heavy atom. The molecule has 5 rings (SSSR count). The van der Waals surface area contributed by atoms with Gasteiger partial charge in [-0.3, -0.25) is 0 Å². The van der Waals surface area contributed by atoms with Gasteiger partial charge in [0.25, 0.3) is 0 Å². The van der Waals surface area contributed by atoms with Crippen LogP contribution < -0.4 is 10.1 Å². The van der Waals surface area contributed by atoms with Crippen LogP contribution in [0.15, 0.2) is 47.4 Å². The van der Waals surface area contributed by atoms with Gasteiger partial charge in [0, 0.05) is 47.7 Å². The van der Waals surface area contributed by atoms with Crippen LogP contribution in [0, 0.1) is 6.92 Å². The number of piperidine rings is 1. The lowest BCUT2D eigenvalue weighted by atomic mass is 9.69. The molecule has 7 nitrogen and oxygen atoms in total. The third-order valence-corrected chi connectivity index (χ3v) is 8.98. The highest BCUT2D eigenvalue weighted by Crippen LogP contribution is 2.46. The first-order valence-electron chi connectivity index (χ1n) is 11.0. The summed E-state index contributed by atoms with van der Waals surface area (Å²) in [6.45, 7) is 3.54. The van der Waals surface area contributed by atoms with Gasteiger partial charge in [-0.15, -0.1) is 0 Å². The summed E-state index contributed by atoms with van der Waals surface area (Å²) in [7, 11) is -1.88. The molecule has 0 bridgehead atoms. The molecule has 1 saturated heterocycles. The number of hydrogen-bond acceptors (Lipinski definition) is 5. The van der Waals surface area contributed by atoms with Crippen molar-refractivity contribution in [1.82, 2.24) is 14.6 Å². The average molecular weight is 456 g/mol. The number of sulfonamides is 1. The second-order valence-corrected chi connectivity index (χ2v) is 10.9. The minimum Gasteiger partial charge on any atom is -0.497 e. The molecule has 2 aromatic carbocycles. The maximum atomic E-state index is 13.2. The summed E-state index contributed by atoms with van der Waals surface area (Å²) in [4.78, 5) is 3.86. The van der Waals surface area contributed by atoms with E-state index in [-0.39, 0.29) is 18.1 Å². The predicted molar refractivity (Wildman–Crippen MR) is 124 cm³/mol. The highest BCUT2D eigenvalue weighted by molar-refractivity contribution is 7.89. The minimum absolute atomic E-state index is 0.000892. The van der Waals surface area contributed by atoms with Gasteiger partial charge in [-0.25, -0.2) is 8.42 Å². The third kappa shape index (κ3) is 3.33. The number of H-pyrrole nitrogens is 1.